The molecular formula is C35H42N8O5. The third-order valence-electron chi connectivity index (χ3n) is 8.41. The number of tetrazole rings is 1. The van der Waals surface area contributed by atoms with Gasteiger partial charge in [0.1, 0.15) is 11.6 Å². The number of nitrogens with two attached hydrogens (primary N) is 1. The number of H-pyrrole nitrogens is 1. The van der Waals surface area contributed by atoms with Crippen molar-refractivity contribution < 1.29 is 23.9 Å². The first-order valence-corrected chi connectivity index (χ1v) is 16.0. The molecule has 0 saturated heterocycles. The third kappa shape index (κ3) is 8.52. The molecule has 0 unspecified atom stereocenters. The molecule has 5 rings (SSSR count). The van der Waals surface area contributed by atoms with Crippen molar-refractivity contribution in [2.45, 2.75) is 64.5 Å². The van der Waals surface area contributed by atoms with Crippen molar-refractivity contribution in [3.8, 4) is 28.4 Å². The molecule has 1 saturated carbocycles. The van der Waals surface area contributed by atoms with Gasteiger partial charge in [-0.3, -0.25) is 14.5 Å². The van der Waals surface area contributed by atoms with E-state index in [-0.39, 0.29) is 24.2 Å². The minimum atomic E-state index is -0.945. The first-order chi connectivity index (χ1) is 23.0. The highest BCUT2D eigenvalue weighted by Crippen LogP contribution is 2.34. The molecule has 2 heterocycles. The molecule has 1 aliphatic carbocycles. The van der Waals surface area contributed by atoms with E-state index >= 15 is 0 Å². The Morgan fingerprint density at radius 3 is 2.29 bits per heavy atom. The van der Waals surface area contributed by atoms with Crippen LogP contribution >= 0.6 is 0 Å². The Balaban J connectivity index is 1.35. The number of alkyl carbamates (subject to hydrolysis) is 1. The molecule has 1 aliphatic rings. The van der Waals surface area contributed by atoms with E-state index in [0.29, 0.717) is 42.3 Å². The van der Waals surface area contributed by atoms with Gasteiger partial charge in [-0.05, 0) is 105 Å². The standard InChI is InChI=1S/C35H42N8O5/c1-35(2,3)48-34(46)38-21-23-9-13-26(14-10-23)33(45)43(27-17-15-25(16-18-27)31-39-41-42-40-31)29(30(36)44)20-22-7-11-24(12-8-22)28-6-5-19-37-32(28)47-4/h5-8,11-12,15-19,23,26,29H,9-10,13-14,20-21H2,1-4H3,(H2,36,44)(H,38,46)(H,39,40,41,42)/t23-,26-,29-/m0/s1. The summed E-state index contributed by atoms with van der Waals surface area (Å²) in [6.45, 7) is 5.94. The molecule has 1 fully saturated rings. The Kier molecular flexibility index (Phi) is 10.7. The zero-order valence-electron chi connectivity index (χ0n) is 27.7. The number of hydrogen-bond acceptors (Lipinski definition) is 9. The number of pyridine rings is 1. The molecule has 0 bridgehead atoms. The summed E-state index contributed by atoms with van der Waals surface area (Å²) < 4.78 is 10.8. The largest absolute Gasteiger partial charge is 0.481 e. The van der Waals surface area contributed by atoms with Crippen molar-refractivity contribution in [3.05, 3.63) is 72.4 Å². The maximum absolute atomic E-state index is 14.4. The van der Waals surface area contributed by atoms with Crippen LogP contribution in [-0.4, -0.2) is 68.8 Å². The van der Waals surface area contributed by atoms with Crippen molar-refractivity contribution in [3.63, 3.8) is 0 Å². The lowest BCUT2D eigenvalue weighted by Gasteiger charge is -2.36. The van der Waals surface area contributed by atoms with Gasteiger partial charge in [0.2, 0.25) is 23.5 Å². The second-order valence-electron chi connectivity index (χ2n) is 13.0. The summed E-state index contributed by atoms with van der Waals surface area (Å²) in [5.41, 5.74) is 9.30. The number of aromatic amines is 1. The lowest BCUT2D eigenvalue weighted by Crippen LogP contribution is -2.52. The van der Waals surface area contributed by atoms with Gasteiger partial charge < -0.3 is 20.5 Å². The number of nitrogens with zero attached hydrogens (tertiary/aromatic N) is 5. The second-order valence-corrected chi connectivity index (χ2v) is 13.0. The highest BCUT2D eigenvalue weighted by Gasteiger charge is 2.36. The summed E-state index contributed by atoms with van der Waals surface area (Å²) in [6.07, 6.45) is 4.16. The van der Waals surface area contributed by atoms with Gasteiger partial charge in [0.15, 0.2) is 0 Å². The molecule has 3 amide bonds. The zero-order chi connectivity index (χ0) is 34.3. The zero-order valence-corrected chi connectivity index (χ0v) is 27.7. The number of aromatic nitrogens is 5. The molecule has 1 atom stereocenters. The first kappa shape index (κ1) is 34.0. The summed E-state index contributed by atoms with van der Waals surface area (Å²) in [7, 11) is 1.57. The van der Waals surface area contributed by atoms with Crippen LogP contribution in [0.2, 0.25) is 0 Å². The monoisotopic (exact) mass is 654 g/mol. The van der Waals surface area contributed by atoms with Crippen LogP contribution in [0, 0.1) is 11.8 Å². The molecule has 13 nitrogen and oxygen atoms in total. The van der Waals surface area contributed by atoms with Gasteiger partial charge >= 0.3 is 6.09 Å². The Hall–Kier alpha value is -5.33. The van der Waals surface area contributed by atoms with E-state index in [0.717, 1.165) is 29.5 Å². The van der Waals surface area contributed by atoms with Crippen LogP contribution in [-0.2, 0) is 20.7 Å². The minimum absolute atomic E-state index is 0.165. The highest BCUT2D eigenvalue weighted by molar-refractivity contribution is 6.01. The average molecular weight is 655 g/mol. The van der Waals surface area contributed by atoms with Gasteiger partial charge in [-0.25, -0.2) is 9.78 Å². The number of benzene rings is 2. The van der Waals surface area contributed by atoms with Crippen molar-refractivity contribution in [1.29, 1.82) is 0 Å². The van der Waals surface area contributed by atoms with Crippen LogP contribution in [0.1, 0.15) is 52.0 Å². The van der Waals surface area contributed by atoms with E-state index in [1.54, 1.807) is 42.5 Å². The summed E-state index contributed by atoms with van der Waals surface area (Å²) in [6, 6.07) is 17.6. The van der Waals surface area contributed by atoms with Gasteiger partial charge in [-0.2, -0.15) is 5.21 Å². The summed E-state index contributed by atoms with van der Waals surface area (Å²) in [5, 5.41) is 17.0. The number of ether oxygens (including phenoxy) is 2. The number of amides is 3. The van der Waals surface area contributed by atoms with Crippen LogP contribution in [0.15, 0.2) is 66.9 Å². The Morgan fingerprint density at radius 2 is 1.69 bits per heavy atom. The highest BCUT2D eigenvalue weighted by atomic mass is 16.6. The van der Waals surface area contributed by atoms with E-state index in [2.05, 4.69) is 30.9 Å². The average Bonchev–Trinajstić information content (AvgIpc) is 3.62. The number of hydrogen-bond donors (Lipinski definition) is 3. The molecule has 13 heteroatoms. The number of primary amides is 1. The Morgan fingerprint density at radius 1 is 1.00 bits per heavy atom. The molecule has 2 aromatic carbocycles. The van der Waals surface area contributed by atoms with E-state index < -0.39 is 23.6 Å². The topological polar surface area (TPSA) is 178 Å². The predicted octanol–water partition coefficient (Wildman–Crippen LogP) is 4.70. The van der Waals surface area contributed by atoms with E-state index in [4.69, 9.17) is 15.2 Å². The maximum Gasteiger partial charge on any atom is 0.407 e. The normalized spacial score (nSPS) is 16.8. The van der Waals surface area contributed by atoms with Crippen molar-refractivity contribution >= 4 is 23.6 Å². The lowest BCUT2D eigenvalue weighted by atomic mass is 9.81. The minimum Gasteiger partial charge on any atom is -0.481 e. The molecule has 252 valence electrons. The smallest absolute Gasteiger partial charge is 0.407 e. The predicted molar refractivity (Wildman–Crippen MR) is 180 cm³/mol. The van der Waals surface area contributed by atoms with E-state index in [1.165, 1.54) is 0 Å². The molecule has 2 aromatic heterocycles. The second kappa shape index (κ2) is 15.1. The van der Waals surface area contributed by atoms with Crippen LogP contribution in [0.3, 0.4) is 0 Å². The van der Waals surface area contributed by atoms with Crippen LogP contribution in [0.4, 0.5) is 10.5 Å². The number of nitrogens with one attached hydrogen (secondary N) is 2. The molecule has 48 heavy (non-hydrogen) atoms. The fraction of sp³-hybridized carbons (Fsp3) is 0.400. The van der Waals surface area contributed by atoms with Gasteiger partial charge in [-0.15, -0.1) is 10.2 Å². The molecular weight excluding hydrogens is 612 g/mol. The van der Waals surface area contributed by atoms with Gasteiger partial charge in [0.25, 0.3) is 0 Å². The van der Waals surface area contributed by atoms with E-state index in [1.807, 2.05) is 57.2 Å². The molecule has 0 aliphatic heterocycles. The number of methoxy groups -OCH3 is 1. The Labute approximate surface area is 279 Å². The molecule has 0 spiro atoms. The maximum atomic E-state index is 14.4. The third-order valence-corrected chi connectivity index (χ3v) is 8.41. The summed E-state index contributed by atoms with van der Waals surface area (Å²) >= 11 is 0. The van der Waals surface area contributed by atoms with Crippen LogP contribution < -0.4 is 20.7 Å². The van der Waals surface area contributed by atoms with Gasteiger partial charge in [-0.1, -0.05) is 24.3 Å². The molecule has 0 radical (unpaired) electrons. The van der Waals surface area contributed by atoms with E-state index in [9.17, 15) is 14.4 Å². The SMILES string of the molecule is COc1ncccc1-c1ccc(C[C@@H](C(N)=O)N(c2ccc(-c3nn[nH]n3)cc2)C(=O)[C@H]2CC[C@H](CNC(=O)OC(C)(C)C)CC2)cc1. The summed E-state index contributed by atoms with van der Waals surface area (Å²) in [5.74, 6) is 0.0430. The van der Waals surface area contributed by atoms with Crippen molar-refractivity contribution in [2.24, 2.45) is 17.6 Å². The lowest BCUT2D eigenvalue weighted by molar-refractivity contribution is -0.127. The fourth-order valence-electron chi connectivity index (χ4n) is 6.00. The van der Waals surface area contributed by atoms with Crippen LogP contribution in [0.25, 0.3) is 22.5 Å². The number of rotatable bonds is 11. The molecule has 4 aromatic rings. The molecule has 4 N–H and O–H groups in total. The van der Waals surface area contributed by atoms with Crippen molar-refractivity contribution in [1.82, 2.24) is 30.9 Å². The van der Waals surface area contributed by atoms with Crippen LogP contribution in [0.5, 0.6) is 5.88 Å². The fourth-order valence-corrected chi connectivity index (χ4v) is 6.00. The summed E-state index contributed by atoms with van der Waals surface area (Å²) in [4.78, 5) is 45.5. The van der Waals surface area contributed by atoms with Gasteiger partial charge in [0.05, 0.1) is 7.11 Å². The van der Waals surface area contributed by atoms with Gasteiger partial charge in [0, 0.05) is 41.9 Å². The van der Waals surface area contributed by atoms with Crippen molar-refractivity contribution in [2.75, 3.05) is 18.6 Å². The quantitative estimate of drug-likeness (QED) is 0.207. The Bertz CT molecular complexity index is 1680. The number of carbonyl (C=O) groups is 3. The number of carbonyl (C=O) groups excluding carboxylic acids is 3. The number of anilines is 1. The first-order valence-electron chi connectivity index (χ1n) is 16.0.